The number of nitrogen functional groups attached to an aromatic ring is 1. The van der Waals surface area contributed by atoms with Crippen LogP contribution in [0.1, 0.15) is 0 Å². The molecule has 0 aromatic carbocycles. The number of hydrogen-bond donors (Lipinski definition) is 1. The van der Waals surface area contributed by atoms with Crippen LogP contribution in [0.3, 0.4) is 0 Å². The predicted molar refractivity (Wildman–Crippen MR) is 87.3 cm³/mol. The molecule has 3 rings (SSSR count). The number of anilines is 1. The average Bonchev–Trinajstić information content (AvgIpc) is 2.84. The highest BCUT2D eigenvalue weighted by molar-refractivity contribution is 9.11. The maximum Gasteiger partial charge on any atom is 0.181 e. The first-order chi connectivity index (χ1) is 10.0. The molecule has 0 spiro atoms. The van der Waals surface area contributed by atoms with Crippen molar-refractivity contribution < 1.29 is 0 Å². The Morgan fingerprint density at radius 3 is 2.62 bits per heavy atom. The van der Waals surface area contributed by atoms with Gasteiger partial charge < -0.3 is 5.73 Å². The van der Waals surface area contributed by atoms with Crippen LogP contribution in [0, 0.1) is 0 Å². The van der Waals surface area contributed by atoms with E-state index >= 15 is 0 Å². The van der Waals surface area contributed by atoms with Crippen LogP contribution in [0.4, 0.5) is 5.82 Å². The number of halogens is 2. The molecule has 0 unspecified atom stereocenters. The van der Waals surface area contributed by atoms with Gasteiger partial charge in [-0.3, -0.25) is 9.67 Å². The fourth-order valence-corrected chi connectivity index (χ4v) is 3.02. The minimum Gasteiger partial charge on any atom is -0.384 e. The normalized spacial score (nSPS) is 10.8. The van der Waals surface area contributed by atoms with Crippen LogP contribution in [0.5, 0.6) is 0 Å². The molecule has 0 saturated heterocycles. The minimum atomic E-state index is 0.385. The molecule has 106 valence electrons. The van der Waals surface area contributed by atoms with E-state index in [1.807, 2.05) is 19.3 Å². The Bertz CT molecular complexity index is 814. The maximum atomic E-state index is 5.89. The van der Waals surface area contributed by atoms with Crippen molar-refractivity contribution >= 4 is 37.7 Å². The summed E-state index contributed by atoms with van der Waals surface area (Å²) in [5.41, 5.74) is 8.11. The quantitative estimate of drug-likeness (QED) is 0.703. The van der Waals surface area contributed by atoms with Crippen molar-refractivity contribution in [3.05, 3.63) is 39.7 Å². The molecule has 8 heteroatoms. The summed E-state index contributed by atoms with van der Waals surface area (Å²) in [6.45, 7) is 0. The number of hydrogen-bond acceptors (Lipinski definition) is 5. The summed E-state index contributed by atoms with van der Waals surface area (Å²) in [7, 11) is 1.85. The van der Waals surface area contributed by atoms with E-state index in [0.29, 0.717) is 23.0 Å². The van der Waals surface area contributed by atoms with Crippen LogP contribution in [-0.4, -0.2) is 24.7 Å². The van der Waals surface area contributed by atoms with Crippen LogP contribution < -0.4 is 5.73 Å². The van der Waals surface area contributed by atoms with Gasteiger partial charge in [-0.05, 0) is 37.9 Å². The Morgan fingerprint density at radius 2 is 1.95 bits per heavy atom. The van der Waals surface area contributed by atoms with Crippen molar-refractivity contribution in [3.63, 3.8) is 0 Å². The molecule has 0 bridgehead atoms. The molecule has 0 saturated carbocycles. The molecule has 0 atom stereocenters. The molecular weight excluding hydrogens is 400 g/mol. The lowest BCUT2D eigenvalue weighted by Gasteiger charge is -2.06. The second-order valence-corrected chi connectivity index (χ2v) is 6.16. The lowest BCUT2D eigenvalue weighted by Crippen LogP contribution is -1.99. The van der Waals surface area contributed by atoms with Crippen molar-refractivity contribution in [2.75, 3.05) is 5.73 Å². The minimum absolute atomic E-state index is 0.385. The zero-order valence-corrected chi connectivity index (χ0v) is 14.1. The molecular formula is C13H10Br2N6. The number of rotatable bonds is 2. The van der Waals surface area contributed by atoms with Gasteiger partial charge in [0, 0.05) is 40.0 Å². The Balaban J connectivity index is 2.13. The van der Waals surface area contributed by atoms with Crippen LogP contribution in [0.15, 0.2) is 39.7 Å². The molecule has 2 N–H and O–H groups in total. The summed E-state index contributed by atoms with van der Waals surface area (Å²) in [5.74, 6) is 0.851. The number of nitrogens with two attached hydrogens (primary N) is 1. The van der Waals surface area contributed by atoms with E-state index in [-0.39, 0.29) is 0 Å². The molecule has 3 heterocycles. The van der Waals surface area contributed by atoms with Crippen LogP contribution in [-0.2, 0) is 7.05 Å². The lowest BCUT2D eigenvalue weighted by atomic mass is 10.2. The van der Waals surface area contributed by atoms with Crippen molar-refractivity contribution in [3.8, 4) is 22.8 Å². The molecule has 3 aromatic heterocycles. The van der Waals surface area contributed by atoms with Gasteiger partial charge in [0.25, 0.3) is 0 Å². The third-order valence-corrected chi connectivity index (χ3v) is 3.80. The Kier molecular flexibility index (Phi) is 3.73. The first kappa shape index (κ1) is 14.2. The monoisotopic (exact) mass is 408 g/mol. The zero-order chi connectivity index (χ0) is 15.0. The van der Waals surface area contributed by atoms with Crippen molar-refractivity contribution in [2.24, 2.45) is 7.05 Å². The molecule has 0 aliphatic heterocycles. The number of nitrogens with zero attached hydrogens (tertiary/aromatic N) is 5. The standard InChI is InChI=1S/C13H10Br2N6/c1-21-6-7(4-18-21)10-3-11(16)20-13(19-10)12-9(15)2-8(14)5-17-12/h2-6H,1H3,(H2,16,19,20). The highest BCUT2D eigenvalue weighted by atomic mass is 79.9. The molecule has 3 aromatic rings. The molecule has 0 radical (unpaired) electrons. The van der Waals surface area contributed by atoms with Crippen LogP contribution in [0.25, 0.3) is 22.8 Å². The molecule has 21 heavy (non-hydrogen) atoms. The number of aromatic nitrogens is 5. The largest absolute Gasteiger partial charge is 0.384 e. The first-order valence-electron chi connectivity index (χ1n) is 5.98. The van der Waals surface area contributed by atoms with E-state index in [1.165, 1.54) is 0 Å². The molecule has 6 nitrogen and oxygen atoms in total. The number of aryl methyl sites for hydroxylation is 1. The van der Waals surface area contributed by atoms with Gasteiger partial charge in [-0.2, -0.15) is 5.10 Å². The van der Waals surface area contributed by atoms with E-state index in [2.05, 4.69) is 51.9 Å². The second kappa shape index (κ2) is 5.53. The van der Waals surface area contributed by atoms with E-state index in [0.717, 1.165) is 14.5 Å². The molecule has 0 aliphatic rings. The summed E-state index contributed by atoms with van der Waals surface area (Å²) >= 11 is 6.83. The molecule has 0 fully saturated rings. The van der Waals surface area contributed by atoms with Crippen molar-refractivity contribution in [2.45, 2.75) is 0 Å². The third-order valence-electron chi connectivity index (χ3n) is 2.77. The van der Waals surface area contributed by atoms with Gasteiger partial charge in [-0.1, -0.05) is 0 Å². The fraction of sp³-hybridized carbons (Fsp3) is 0.0769. The average molecular weight is 410 g/mol. The summed E-state index contributed by atoms with van der Waals surface area (Å²) in [6, 6.07) is 3.60. The van der Waals surface area contributed by atoms with Crippen LogP contribution in [0.2, 0.25) is 0 Å². The molecule has 0 aliphatic carbocycles. The van der Waals surface area contributed by atoms with Crippen molar-refractivity contribution in [1.29, 1.82) is 0 Å². The van der Waals surface area contributed by atoms with Gasteiger partial charge in [0.15, 0.2) is 5.82 Å². The van der Waals surface area contributed by atoms with Gasteiger partial charge in [0.1, 0.15) is 11.5 Å². The third kappa shape index (κ3) is 2.96. The fourth-order valence-electron chi connectivity index (χ4n) is 1.85. The highest BCUT2D eigenvalue weighted by Gasteiger charge is 2.12. The first-order valence-corrected chi connectivity index (χ1v) is 7.56. The highest BCUT2D eigenvalue weighted by Crippen LogP contribution is 2.28. The summed E-state index contributed by atoms with van der Waals surface area (Å²) in [6.07, 6.45) is 5.29. The van der Waals surface area contributed by atoms with Gasteiger partial charge in [0.05, 0.1) is 11.9 Å². The van der Waals surface area contributed by atoms with E-state index in [4.69, 9.17) is 5.73 Å². The van der Waals surface area contributed by atoms with Crippen molar-refractivity contribution in [1.82, 2.24) is 24.7 Å². The summed E-state index contributed by atoms with van der Waals surface area (Å²) < 4.78 is 3.37. The Hall–Kier alpha value is -1.80. The maximum absolute atomic E-state index is 5.89. The Labute approximate surface area is 137 Å². The second-order valence-electron chi connectivity index (χ2n) is 4.39. The van der Waals surface area contributed by atoms with E-state index in [9.17, 15) is 0 Å². The van der Waals surface area contributed by atoms with Gasteiger partial charge in [-0.25, -0.2) is 9.97 Å². The Morgan fingerprint density at radius 1 is 1.14 bits per heavy atom. The topological polar surface area (TPSA) is 82.5 Å². The molecule has 0 amide bonds. The summed E-state index contributed by atoms with van der Waals surface area (Å²) in [4.78, 5) is 13.1. The van der Waals surface area contributed by atoms with Gasteiger partial charge in [-0.15, -0.1) is 0 Å². The smallest absolute Gasteiger partial charge is 0.181 e. The van der Waals surface area contributed by atoms with Gasteiger partial charge >= 0.3 is 0 Å². The zero-order valence-electron chi connectivity index (χ0n) is 11.0. The SMILES string of the molecule is Cn1cc(-c2cc(N)nc(-c3ncc(Br)cc3Br)n2)cn1. The summed E-state index contributed by atoms with van der Waals surface area (Å²) in [5, 5.41) is 4.14. The lowest BCUT2D eigenvalue weighted by molar-refractivity contribution is 0.768. The predicted octanol–water partition coefficient (Wildman–Crippen LogP) is 3.05. The van der Waals surface area contributed by atoms with E-state index in [1.54, 1.807) is 23.1 Å². The van der Waals surface area contributed by atoms with Gasteiger partial charge in [0.2, 0.25) is 0 Å². The van der Waals surface area contributed by atoms with Crippen LogP contribution >= 0.6 is 31.9 Å². The van der Waals surface area contributed by atoms with E-state index < -0.39 is 0 Å². The number of pyridine rings is 1.